The Kier molecular flexibility index (Phi) is 4.69. The van der Waals surface area contributed by atoms with E-state index >= 15 is 0 Å². The molecule has 0 aliphatic heterocycles. The summed E-state index contributed by atoms with van der Waals surface area (Å²) < 4.78 is 0. The van der Waals surface area contributed by atoms with Gasteiger partial charge in [-0.25, -0.2) is 4.98 Å². The number of rotatable bonds is 4. The zero-order valence-corrected chi connectivity index (χ0v) is 14.4. The summed E-state index contributed by atoms with van der Waals surface area (Å²) in [5.41, 5.74) is 8.10. The maximum absolute atomic E-state index is 5.86. The van der Waals surface area contributed by atoms with Crippen LogP contribution < -0.4 is 10.6 Å². The largest absolute Gasteiger partial charge is 0.352 e. The summed E-state index contributed by atoms with van der Waals surface area (Å²) in [7, 11) is 2.10. The SMILES string of the molecule is CC(c1cccs1)N(C)c1cc(CN)cc(C(C)(C)C)n1. The minimum Gasteiger partial charge on any atom is -0.352 e. The summed E-state index contributed by atoms with van der Waals surface area (Å²) in [6.07, 6.45) is 0. The third-order valence-corrected chi connectivity index (χ3v) is 4.82. The van der Waals surface area contributed by atoms with Crippen LogP contribution in [0, 0.1) is 0 Å². The van der Waals surface area contributed by atoms with Crippen LogP contribution in [0.25, 0.3) is 0 Å². The second kappa shape index (κ2) is 6.16. The van der Waals surface area contributed by atoms with Gasteiger partial charge in [0.1, 0.15) is 5.82 Å². The number of aromatic nitrogens is 1. The minimum atomic E-state index is 0.0208. The van der Waals surface area contributed by atoms with Crippen molar-refractivity contribution in [1.82, 2.24) is 4.98 Å². The first-order valence-electron chi connectivity index (χ1n) is 7.30. The van der Waals surface area contributed by atoms with E-state index in [0.29, 0.717) is 12.6 Å². The first kappa shape index (κ1) is 16.0. The highest BCUT2D eigenvalue weighted by molar-refractivity contribution is 7.10. The molecule has 2 aromatic rings. The van der Waals surface area contributed by atoms with Crippen molar-refractivity contribution in [2.75, 3.05) is 11.9 Å². The fourth-order valence-corrected chi connectivity index (χ4v) is 3.00. The molecule has 0 radical (unpaired) electrons. The van der Waals surface area contributed by atoms with Crippen LogP contribution in [0.1, 0.15) is 49.9 Å². The average Bonchev–Trinajstić information content (AvgIpc) is 2.98. The molecule has 2 N–H and O–H groups in total. The van der Waals surface area contributed by atoms with E-state index in [1.54, 1.807) is 11.3 Å². The Bertz CT molecular complexity index is 585. The van der Waals surface area contributed by atoms with Crippen molar-refractivity contribution in [3.05, 3.63) is 45.8 Å². The summed E-state index contributed by atoms with van der Waals surface area (Å²) >= 11 is 1.78. The van der Waals surface area contributed by atoms with Gasteiger partial charge in [-0.1, -0.05) is 26.8 Å². The van der Waals surface area contributed by atoms with Gasteiger partial charge >= 0.3 is 0 Å². The lowest BCUT2D eigenvalue weighted by Crippen LogP contribution is -2.24. The number of hydrogen-bond acceptors (Lipinski definition) is 4. The minimum absolute atomic E-state index is 0.0208. The predicted octanol–water partition coefficient (Wildman–Crippen LogP) is 4.10. The van der Waals surface area contributed by atoms with Crippen molar-refractivity contribution < 1.29 is 0 Å². The molecule has 0 saturated carbocycles. The highest BCUT2D eigenvalue weighted by atomic mass is 32.1. The molecule has 0 aromatic carbocycles. The molecule has 0 spiro atoms. The van der Waals surface area contributed by atoms with Crippen molar-refractivity contribution in [1.29, 1.82) is 0 Å². The quantitative estimate of drug-likeness (QED) is 0.924. The van der Waals surface area contributed by atoms with E-state index in [0.717, 1.165) is 17.1 Å². The molecular formula is C17H25N3S. The third kappa shape index (κ3) is 3.63. The Hall–Kier alpha value is -1.39. The maximum atomic E-state index is 5.86. The molecule has 0 fully saturated rings. The third-order valence-electron chi connectivity index (χ3n) is 3.77. The number of thiophene rings is 1. The zero-order chi connectivity index (χ0) is 15.6. The van der Waals surface area contributed by atoms with Gasteiger partial charge in [-0.15, -0.1) is 11.3 Å². The molecule has 0 bridgehead atoms. The molecule has 4 heteroatoms. The molecule has 114 valence electrons. The van der Waals surface area contributed by atoms with Crippen molar-refractivity contribution in [3.8, 4) is 0 Å². The van der Waals surface area contributed by atoms with Crippen LogP contribution >= 0.6 is 11.3 Å². The molecule has 1 unspecified atom stereocenters. The lowest BCUT2D eigenvalue weighted by molar-refractivity contribution is 0.565. The highest BCUT2D eigenvalue weighted by Crippen LogP contribution is 2.30. The fraction of sp³-hybridized carbons (Fsp3) is 0.471. The Balaban J connectivity index is 2.38. The smallest absolute Gasteiger partial charge is 0.129 e. The van der Waals surface area contributed by atoms with E-state index in [2.05, 4.69) is 69.3 Å². The monoisotopic (exact) mass is 303 g/mol. The number of nitrogens with zero attached hydrogens (tertiary/aromatic N) is 2. The molecule has 21 heavy (non-hydrogen) atoms. The molecule has 0 amide bonds. The first-order chi connectivity index (χ1) is 9.82. The van der Waals surface area contributed by atoms with Crippen LogP contribution in [-0.2, 0) is 12.0 Å². The van der Waals surface area contributed by atoms with Gasteiger partial charge in [0, 0.05) is 29.6 Å². The molecule has 2 rings (SSSR count). The lowest BCUT2D eigenvalue weighted by Gasteiger charge is -2.28. The van der Waals surface area contributed by atoms with Gasteiger partial charge in [0.2, 0.25) is 0 Å². The summed E-state index contributed by atoms with van der Waals surface area (Å²) in [6.45, 7) is 9.30. The topological polar surface area (TPSA) is 42.1 Å². The van der Waals surface area contributed by atoms with Gasteiger partial charge in [-0.05, 0) is 36.1 Å². The lowest BCUT2D eigenvalue weighted by atomic mass is 9.90. The van der Waals surface area contributed by atoms with Crippen molar-refractivity contribution >= 4 is 17.2 Å². The number of anilines is 1. The van der Waals surface area contributed by atoms with Gasteiger partial charge in [0.05, 0.1) is 6.04 Å². The molecule has 2 heterocycles. The standard InChI is InChI=1S/C17H25N3S/c1-12(14-7-6-8-21-14)20(5)16-10-13(11-18)9-15(19-16)17(2,3)4/h6-10,12H,11,18H2,1-5H3. The van der Waals surface area contributed by atoms with Crippen molar-refractivity contribution in [2.24, 2.45) is 5.73 Å². The van der Waals surface area contributed by atoms with Crippen LogP contribution in [0.4, 0.5) is 5.82 Å². The maximum Gasteiger partial charge on any atom is 0.129 e. The van der Waals surface area contributed by atoms with Gasteiger partial charge < -0.3 is 10.6 Å². The molecule has 1 atom stereocenters. The average molecular weight is 303 g/mol. The Morgan fingerprint density at radius 1 is 1.33 bits per heavy atom. The van der Waals surface area contributed by atoms with E-state index < -0.39 is 0 Å². The molecular weight excluding hydrogens is 278 g/mol. The van der Waals surface area contributed by atoms with E-state index in [-0.39, 0.29) is 5.41 Å². The van der Waals surface area contributed by atoms with Crippen LogP contribution in [0.3, 0.4) is 0 Å². The number of nitrogens with two attached hydrogens (primary N) is 1. The van der Waals surface area contributed by atoms with Crippen molar-refractivity contribution in [2.45, 2.75) is 45.7 Å². The number of hydrogen-bond donors (Lipinski definition) is 1. The van der Waals surface area contributed by atoms with Crippen LogP contribution in [-0.4, -0.2) is 12.0 Å². The molecule has 3 nitrogen and oxygen atoms in total. The fourth-order valence-electron chi connectivity index (χ4n) is 2.17. The molecule has 0 aliphatic rings. The van der Waals surface area contributed by atoms with Gasteiger partial charge in [-0.2, -0.15) is 0 Å². The van der Waals surface area contributed by atoms with E-state index in [9.17, 15) is 0 Å². The molecule has 2 aromatic heterocycles. The van der Waals surface area contributed by atoms with Crippen LogP contribution in [0.2, 0.25) is 0 Å². The van der Waals surface area contributed by atoms with Gasteiger partial charge in [-0.3, -0.25) is 0 Å². The highest BCUT2D eigenvalue weighted by Gasteiger charge is 2.20. The normalized spacial score (nSPS) is 13.2. The Labute approximate surface area is 131 Å². The number of pyridine rings is 1. The molecule has 0 saturated heterocycles. The van der Waals surface area contributed by atoms with E-state index in [1.165, 1.54) is 4.88 Å². The summed E-state index contributed by atoms with van der Waals surface area (Å²) in [5, 5.41) is 2.12. The Morgan fingerprint density at radius 3 is 2.57 bits per heavy atom. The molecule has 0 aliphatic carbocycles. The zero-order valence-electron chi connectivity index (χ0n) is 13.6. The second-order valence-electron chi connectivity index (χ2n) is 6.48. The predicted molar refractivity (Wildman–Crippen MR) is 92.0 cm³/mol. The summed E-state index contributed by atoms with van der Waals surface area (Å²) in [6, 6.07) is 8.78. The summed E-state index contributed by atoms with van der Waals surface area (Å²) in [4.78, 5) is 8.42. The van der Waals surface area contributed by atoms with Crippen LogP contribution in [0.15, 0.2) is 29.6 Å². The van der Waals surface area contributed by atoms with Gasteiger partial charge in [0.25, 0.3) is 0 Å². The first-order valence-corrected chi connectivity index (χ1v) is 8.18. The van der Waals surface area contributed by atoms with E-state index in [4.69, 9.17) is 10.7 Å². The second-order valence-corrected chi connectivity index (χ2v) is 7.45. The van der Waals surface area contributed by atoms with Crippen LogP contribution in [0.5, 0.6) is 0 Å². The summed E-state index contributed by atoms with van der Waals surface area (Å²) in [5.74, 6) is 0.990. The Morgan fingerprint density at radius 2 is 2.05 bits per heavy atom. The van der Waals surface area contributed by atoms with E-state index in [1.807, 2.05) is 0 Å². The van der Waals surface area contributed by atoms with Crippen molar-refractivity contribution in [3.63, 3.8) is 0 Å². The van der Waals surface area contributed by atoms with Gasteiger partial charge in [0.15, 0.2) is 0 Å².